The molecule has 2 aromatic carbocycles. The van der Waals surface area contributed by atoms with Gasteiger partial charge in [-0.05, 0) is 24.5 Å². The van der Waals surface area contributed by atoms with E-state index in [0.29, 0.717) is 0 Å². The minimum Gasteiger partial charge on any atom is -0.496 e. The summed E-state index contributed by atoms with van der Waals surface area (Å²) < 4.78 is 5.45. The molecule has 2 atom stereocenters. The standard InChI is InChI=1S/C20H23NO3/c1-24-19-12-6-5-10-16(19)17-11-7-13-21(17)20(23)14-18(22)15-8-3-2-4-9-15/h2-6,8-10,12,17-18,22H,7,11,13-14H2,1H3. The Morgan fingerprint density at radius 2 is 1.92 bits per heavy atom. The molecule has 4 heteroatoms. The Kier molecular flexibility index (Phi) is 5.16. The van der Waals surface area contributed by atoms with Crippen LogP contribution in [0.15, 0.2) is 54.6 Å². The number of nitrogens with zero attached hydrogens (tertiary/aromatic N) is 1. The fourth-order valence-corrected chi connectivity index (χ4v) is 3.41. The molecule has 3 rings (SSSR count). The maximum atomic E-state index is 12.7. The summed E-state index contributed by atoms with van der Waals surface area (Å²) in [7, 11) is 1.65. The molecular weight excluding hydrogens is 302 g/mol. The lowest BCUT2D eigenvalue weighted by Gasteiger charge is -2.27. The van der Waals surface area contributed by atoms with Crippen LogP contribution in [0.4, 0.5) is 0 Å². The Bertz CT molecular complexity index is 686. The van der Waals surface area contributed by atoms with E-state index in [0.717, 1.165) is 36.3 Å². The summed E-state index contributed by atoms with van der Waals surface area (Å²) in [5.74, 6) is 0.797. The predicted octanol–water partition coefficient (Wildman–Crippen LogP) is 3.48. The van der Waals surface area contributed by atoms with Gasteiger partial charge in [0.1, 0.15) is 5.75 Å². The molecule has 1 fully saturated rings. The number of ether oxygens (including phenoxy) is 1. The zero-order valence-corrected chi connectivity index (χ0v) is 13.9. The lowest BCUT2D eigenvalue weighted by Crippen LogP contribution is -2.31. The van der Waals surface area contributed by atoms with Gasteiger partial charge in [0.2, 0.25) is 5.91 Å². The Hall–Kier alpha value is -2.33. The lowest BCUT2D eigenvalue weighted by molar-refractivity contribution is -0.134. The normalized spacial score (nSPS) is 18.4. The van der Waals surface area contributed by atoms with E-state index >= 15 is 0 Å². The highest BCUT2D eigenvalue weighted by atomic mass is 16.5. The molecule has 1 saturated heterocycles. The molecular formula is C20H23NO3. The van der Waals surface area contributed by atoms with Gasteiger partial charge in [-0.2, -0.15) is 0 Å². The van der Waals surface area contributed by atoms with E-state index in [2.05, 4.69) is 0 Å². The molecule has 0 spiro atoms. The number of carbonyl (C=O) groups is 1. The molecule has 24 heavy (non-hydrogen) atoms. The fraction of sp³-hybridized carbons (Fsp3) is 0.350. The van der Waals surface area contributed by atoms with Crippen molar-refractivity contribution in [2.75, 3.05) is 13.7 Å². The zero-order valence-electron chi connectivity index (χ0n) is 13.9. The minimum absolute atomic E-state index is 0.0141. The summed E-state index contributed by atoms with van der Waals surface area (Å²) in [4.78, 5) is 14.6. The van der Waals surface area contributed by atoms with Crippen molar-refractivity contribution in [2.45, 2.75) is 31.4 Å². The quantitative estimate of drug-likeness (QED) is 0.915. The first-order valence-electron chi connectivity index (χ1n) is 8.36. The van der Waals surface area contributed by atoms with Gasteiger partial charge in [0.25, 0.3) is 0 Å². The number of hydrogen-bond acceptors (Lipinski definition) is 3. The molecule has 1 heterocycles. The summed E-state index contributed by atoms with van der Waals surface area (Å²) >= 11 is 0. The van der Waals surface area contributed by atoms with Crippen molar-refractivity contribution in [1.82, 2.24) is 4.90 Å². The van der Waals surface area contributed by atoms with Gasteiger partial charge in [0.05, 0.1) is 25.7 Å². The number of carbonyl (C=O) groups excluding carboxylic acids is 1. The number of hydrogen-bond donors (Lipinski definition) is 1. The molecule has 1 aliphatic rings. The number of aliphatic hydroxyl groups is 1. The van der Waals surface area contributed by atoms with Gasteiger partial charge in [-0.3, -0.25) is 4.79 Å². The number of benzene rings is 2. The third-order valence-electron chi connectivity index (χ3n) is 4.62. The molecule has 0 aliphatic carbocycles. The monoisotopic (exact) mass is 325 g/mol. The SMILES string of the molecule is COc1ccccc1C1CCCN1C(=O)CC(O)c1ccccc1. The van der Waals surface area contributed by atoms with Crippen LogP contribution in [-0.2, 0) is 4.79 Å². The molecule has 1 aliphatic heterocycles. The van der Waals surface area contributed by atoms with Crippen LogP contribution in [0.5, 0.6) is 5.75 Å². The number of amides is 1. The first-order chi connectivity index (χ1) is 11.7. The van der Waals surface area contributed by atoms with Gasteiger partial charge in [-0.1, -0.05) is 48.5 Å². The Labute approximate surface area is 142 Å². The third kappa shape index (κ3) is 3.44. The maximum absolute atomic E-state index is 12.7. The molecule has 0 aromatic heterocycles. The molecule has 0 bridgehead atoms. The van der Waals surface area contributed by atoms with E-state index in [1.807, 2.05) is 59.5 Å². The predicted molar refractivity (Wildman–Crippen MR) is 92.7 cm³/mol. The number of likely N-dealkylation sites (tertiary alicyclic amines) is 1. The van der Waals surface area contributed by atoms with Gasteiger partial charge in [0, 0.05) is 12.1 Å². The average molecular weight is 325 g/mol. The van der Waals surface area contributed by atoms with Crippen molar-refractivity contribution < 1.29 is 14.6 Å². The third-order valence-corrected chi connectivity index (χ3v) is 4.62. The van der Waals surface area contributed by atoms with Gasteiger partial charge < -0.3 is 14.7 Å². The molecule has 0 radical (unpaired) electrons. The molecule has 1 amide bonds. The number of aliphatic hydroxyl groups excluding tert-OH is 1. The summed E-state index contributed by atoms with van der Waals surface area (Å²) in [5, 5.41) is 10.3. The second-order valence-electron chi connectivity index (χ2n) is 6.12. The smallest absolute Gasteiger partial charge is 0.226 e. The summed E-state index contributed by atoms with van der Waals surface area (Å²) in [6, 6.07) is 17.2. The van der Waals surface area contributed by atoms with Crippen LogP contribution in [0.1, 0.15) is 42.5 Å². The van der Waals surface area contributed by atoms with Crippen molar-refractivity contribution in [3.8, 4) is 5.75 Å². The largest absolute Gasteiger partial charge is 0.496 e. The van der Waals surface area contributed by atoms with Gasteiger partial charge in [0.15, 0.2) is 0 Å². The molecule has 2 aromatic rings. The second-order valence-corrected chi connectivity index (χ2v) is 6.12. The van der Waals surface area contributed by atoms with E-state index in [9.17, 15) is 9.90 Å². The van der Waals surface area contributed by atoms with Gasteiger partial charge in [-0.15, -0.1) is 0 Å². The number of methoxy groups -OCH3 is 1. The van der Waals surface area contributed by atoms with Crippen molar-refractivity contribution >= 4 is 5.91 Å². The van der Waals surface area contributed by atoms with Crippen molar-refractivity contribution in [2.24, 2.45) is 0 Å². The van der Waals surface area contributed by atoms with Crippen LogP contribution >= 0.6 is 0 Å². The van der Waals surface area contributed by atoms with Crippen LogP contribution in [0, 0.1) is 0 Å². The van der Waals surface area contributed by atoms with Crippen LogP contribution < -0.4 is 4.74 Å². The topological polar surface area (TPSA) is 49.8 Å². The molecule has 4 nitrogen and oxygen atoms in total. The Balaban J connectivity index is 1.74. The maximum Gasteiger partial charge on any atom is 0.226 e. The fourth-order valence-electron chi connectivity index (χ4n) is 3.41. The highest BCUT2D eigenvalue weighted by molar-refractivity contribution is 5.78. The van der Waals surface area contributed by atoms with Crippen molar-refractivity contribution in [1.29, 1.82) is 0 Å². The number of rotatable bonds is 5. The number of para-hydroxylation sites is 1. The van der Waals surface area contributed by atoms with E-state index in [1.165, 1.54) is 0 Å². The van der Waals surface area contributed by atoms with Crippen LogP contribution in [0.2, 0.25) is 0 Å². The average Bonchev–Trinajstić information content (AvgIpc) is 3.12. The van der Waals surface area contributed by atoms with E-state index in [-0.39, 0.29) is 18.4 Å². The second kappa shape index (κ2) is 7.49. The highest BCUT2D eigenvalue weighted by Crippen LogP contribution is 2.37. The highest BCUT2D eigenvalue weighted by Gasteiger charge is 2.32. The Morgan fingerprint density at radius 3 is 2.67 bits per heavy atom. The van der Waals surface area contributed by atoms with E-state index in [4.69, 9.17) is 4.74 Å². The summed E-state index contributed by atoms with van der Waals surface area (Å²) in [5.41, 5.74) is 1.82. The molecule has 126 valence electrons. The van der Waals surface area contributed by atoms with Crippen LogP contribution in [0.25, 0.3) is 0 Å². The zero-order chi connectivity index (χ0) is 16.9. The van der Waals surface area contributed by atoms with E-state index < -0.39 is 6.10 Å². The first-order valence-corrected chi connectivity index (χ1v) is 8.36. The lowest BCUT2D eigenvalue weighted by atomic mass is 10.0. The van der Waals surface area contributed by atoms with Gasteiger partial charge in [-0.25, -0.2) is 0 Å². The van der Waals surface area contributed by atoms with Gasteiger partial charge >= 0.3 is 0 Å². The van der Waals surface area contributed by atoms with Crippen molar-refractivity contribution in [3.05, 3.63) is 65.7 Å². The van der Waals surface area contributed by atoms with Crippen molar-refractivity contribution in [3.63, 3.8) is 0 Å². The molecule has 2 unspecified atom stereocenters. The Morgan fingerprint density at radius 1 is 1.21 bits per heavy atom. The van der Waals surface area contributed by atoms with Crippen LogP contribution in [0.3, 0.4) is 0 Å². The summed E-state index contributed by atoms with van der Waals surface area (Å²) in [6.07, 6.45) is 1.23. The minimum atomic E-state index is -0.766. The summed E-state index contributed by atoms with van der Waals surface area (Å²) in [6.45, 7) is 0.725. The van der Waals surface area contributed by atoms with E-state index in [1.54, 1.807) is 7.11 Å². The first kappa shape index (κ1) is 16.5. The molecule has 0 saturated carbocycles. The van der Waals surface area contributed by atoms with Crippen LogP contribution in [-0.4, -0.2) is 29.6 Å². The molecule has 1 N–H and O–H groups in total.